The fourth-order valence-corrected chi connectivity index (χ4v) is 4.13. The Kier molecular flexibility index (Phi) is 10.8. The summed E-state index contributed by atoms with van der Waals surface area (Å²) in [7, 11) is 3.49. The molecule has 0 aromatic rings. The van der Waals surface area contributed by atoms with Crippen molar-refractivity contribution in [3.8, 4) is 0 Å². The highest BCUT2D eigenvalue weighted by Crippen LogP contribution is 2.26. The van der Waals surface area contributed by atoms with Gasteiger partial charge in [0.15, 0.2) is 5.96 Å². The lowest BCUT2D eigenvalue weighted by Crippen LogP contribution is -2.50. The maximum Gasteiger partial charge on any atom is 0.409 e. The summed E-state index contributed by atoms with van der Waals surface area (Å²) in [5.41, 5.74) is 0. The highest BCUT2D eigenvalue weighted by Gasteiger charge is 2.24. The molecule has 8 nitrogen and oxygen atoms in total. The molecule has 2 fully saturated rings. The Labute approximate surface area is 181 Å². The van der Waals surface area contributed by atoms with Gasteiger partial charge in [-0.25, -0.2) is 9.79 Å². The number of aliphatic imine (C=N–C) groups is 1. The zero-order valence-corrected chi connectivity index (χ0v) is 19.1. The minimum atomic E-state index is -0.234. The average Bonchev–Trinajstić information content (AvgIpc) is 2.75. The third-order valence-corrected chi connectivity index (χ3v) is 6.04. The van der Waals surface area contributed by atoms with Crippen LogP contribution in [0.25, 0.3) is 0 Å². The minimum Gasteiger partial charge on any atom is -0.450 e. The topological polar surface area (TPSA) is 86.3 Å². The molecule has 1 saturated carbocycles. The fraction of sp³-hybridized carbons (Fsp3) is 0.864. The lowest BCUT2D eigenvalue weighted by molar-refractivity contribution is -0.127. The number of carbonyl (C=O) groups excluding carboxylic acids is 2. The molecule has 2 rings (SSSR count). The number of rotatable bonds is 8. The molecule has 0 spiro atoms. The van der Waals surface area contributed by atoms with Crippen LogP contribution in [0.15, 0.2) is 4.99 Å². The number of amides is 2. The van der Waals surface area contributed by atoms with E-state index in [9.17, 15) is 9.59 Å². The van der Waals surface area contributed by atoms with Gasteiger partial charge >= 0.3 is 6.09 Å². The van der Waals surface area contributed by atoms with Crippen molar-refractivity contribution in [3.63, 3.8) is 0 Å². The number of likely N-dealkylation sites (N-methyl/N-ethyl adjacent to an activating group) is 1. The second-order valence-corrected chi connectivity index (χ2v) is 8.63. The lowest BCUT2D eigenvalue weighted by atomic mass is 9.86. The van der Waals surface area contributed by atoms with Gasteiger partial charge in [0.1, 0.15) is 6.54 Å². The summed E-state index contributed by atoms with van der Waals surface area (Å²) in [5, 5.41) is 6.89. The number of nitrogens with one attached hydrogen (secondary N) is 2. The Bertz CT molecular complexity index is 553. The van der Waals surface area contributed by atoms with Crippen LogP contribution >= 0.6 is 0 Å². The van der Waals surface area contributed by atoms with E-state index in [1.807, 2.05) is 6.92 Å². The van der Waals surface area contributed by atoms with Gasteiger partial charge in [0.05, 0.1) is 6.61 Å². The number of ether oxygens (including phenoxy) is 1. The van der Waals surface area contributed by atoms with Gasteiger partial charge in [-0.2, -0.15) is 0 Å². The number of hydrogen-bond donors (Lipinski definition) is 2. The van der Waals surface area contributed by atoms with Gasteiger partial charge < -0.3 is 25.2 Å². The molecular formula is C22H41N5O3. The van der Waals surface area contributed by atoms with Crippen LogP contribution < -0.4 is 10.6 Å². The molecule has 0 radical (unpaired) electrons. The van der Waals surface area contributed by atoms with Gasteiger partial charge in [0, 0.05) is 39.8 Å². The lowest BCUT2D eigenvalue weighted by Gasteiger charge is -2.32. The Balaban J connectivity index is 1.79. The minimum absolute atomic E-state index is 0.0181. The summed E-state index contributed by atoms with van der Waals surface area (Å²) < 4.78 is 5.09. The van der Waals surface area contributed by atoms with Crippen LogP contribution in [0.5, 0.6) is 0 Å². The third-order valence-electron chi connectivity index (χ3n) is 6.04. The summed E-state index contributed by atoms with van der Waals surface area (Å²) in [6.07, 6.45) is 10.7. The molecule has 2 N–H and O–H groups in total. The first-order chi connectivity index (χ1) is 14.5. The van der Waals surface area contributed by atoms with E-state index in [-0.39, 0.29) is 24.6 Å². The molecule has 0 unspecified atom stereocenters. The smallest absolute Gasteiger partial charge is 0.409 e. The first-order valence-corrected chi connectivity index (χ1v) is 11.7. The molecule has 2 aliphatic rings. The van der Waals surface area contributed by atoms with Crippen molar-refractivity contribution in [1.29, 1.82) is 0 Å². The van der Waals surface area contributed by atoms with Gasteiger partial charge in [0.2, 0.25) is 5.91 Å². The molecule has 1 aliphatic carbocycles. The quantitative estimate of drug-likeness (QED) is 0.356. The third kappa shape index (κ3) is 8.79. The second-order valence-electron chi connectivity index (χ2n) is 8.63. The van der Waals surface area contributed by atoms with Crippen molar-refractivity contribution in [3.05, 3.63) is 0 Å². The van der Waals surface area contributed by atoms with E-state index < -0.39 is 0 Å². The molecule has 0 bridgehead atoms. The highest BCUT2D eigenvalue weighted by atomic mass is 16.6. The fourth-order valence-electron chi connectivity index (χ4n) is 4.13. The summed E-state index contributed by atoms with van der Waals surface area (Å²) in [4.78, 5) is 31.7. The summed E-state index contributed by atoms with van der Waals surface area (Å²) in [6, 6.07) is 0.231. The molecule has 1 aliphatic heterocycles. The standard InChI is InChI=1S/C22H41N5O3/c1-4-30-22(29)27-15-12-19(13-16-27)25-21(24-17-20(28)26(2)3)23-14-8-11-18-9-6-5-7-10-18/h18-19H,4-17H2,1-3H3,(H2,23,24,25). The number of piperidine rings is 1. The number of likely N-dealkylation sites (tertiary alicyclic amines) is 1. The summed E-state index contributed by atoms with van der Waals surface area (Å²) in [6.45, 7) is 4.55. The van der Waals surface area contributed by atoms with Gasteiger partial charge in [-0.1, -0.05) is 32.1 Å². The maximum absolute atomic E-state index is 12.0. The van der Waals surface area contributed by atoms with E-state index >= 15 is 0 Å². The van der Waals surface area contributed by atoms with E-state index in [0.29, 0.717) is 25.7 Å². The first kappa shape index (κ1) is 24.3. The zero-order chi connectivity index (χ0) is 21.8. The van der Waals surface area contributed by atoms with Crippen molar-refractivity contribution in [2.45, 2.75) is 70.8 Å². The van der Waals surface area contributed by atoms with Gasteiger partial charge in [-0.15, -0.1) is 0 Å². The molecule has 30 heavy (non-hydrogen) atoms. The molecule has 0 atom stereocenters. The van der Waals surface area contributed by atoms with Gasteiger partial charge in [-0.05, 0) is 38.5 Å². The Morgan fingerprint density at radius 3 is 2.43 bits per heavy atom. The van der Waals surface area contributed by atoms with Crippen LogP contribution in [0.2, 0.25) is 0 Å². The molecule has 172 valence electrons. The SMILES string of the molecule is CCOC(=O)N1CCC(NC(=NCC(=O)N(C)C)NCCCC2CCCCC2)CC1. The average molecular weight is 424 g/mol. The van der Waals surface area contributed by atoms with E-state index in [0.717, 1.165) is 31.7 Å². The molecule has 0 aromatic carbocycles. The molecule has 2 amide bonds. The van der Waals surface area contributed by atoms with Crippen molar-refractivity contribution < 1.29 is 14.3 Å². The molecule has 0 aromatic heterocycles. The van der Waals surface area contributed by atoms with Crippen LogP contribution in [0.4, 0.5) is 4.79 Å². The van der Waals surface area contributed by atoms with E-state index in [1.165, 1.54) is 38.5 Å². The Morgan fingerprint density at radius 1 is 1.10 bits per heavy atom. The van der Waals surface area contributed by atoms with E-state index in [4.69, 9.17) is 4.74 Å². The molecule has 1 heterocycles. The molecule has 8 heteroatoms. The van der Waals surface area contributed by atoms with E-state index in [1.54, 1.807) is 23.9 Å². The number of guanidine groups is 1. The van der Waals surface area contributed by atoms with Gasteiger partial charge in [-0.3, -0.25) is 4.79 Å². The number of nitrogens with zero attached hydrogens (tertiary/aromatic N) is 3. The zero-order valence-electron chi connectivity index (χ0n) is 19.1. The first-order valence-electron chi connectivity index (χ1n) is 11.7. The largest absolute Gasteiger partial charge is 0.450 e. The molecule has 1 saturated heterocycles. The Morgan fingerprint density at radius 2 is 1.80 bits per heavy atom. The van der Waals surface area contributed by atoms with E-state index in [2.05, 4.69) is 15.6 Å². The highest BCUT2D eigenvalue weighted by molar-refractivity contribution is 5.85. The van der Waals surface area contributed by atoms with Crippen molar-refractivity contribution in [2.24, 2.45) is 10.9 Å². The predicted octanol–water partition coefficient (Wildman–Crippen LogP) is 2.59. The second kappa shape index (κ2) is 13.3. The van der Waals surface area contributed by atoms with Crippen LogP contribution in [0, 0.1) is 5.92 Å². The number of hydrogen-bond acceptors (Lipinski definition) is 4. The number of carbonyl (C=O) groups is 2. The Hall–Kier alpha value is -1.99. The molecular weight excluding hydrogens is 382 g/mol. The van der Waals surface area contributed by atoms with Crippen molar-refractivity contribution in [1.82, 2.24) is 20.4 Å². The predicted molar refractivity (Wildman–Crippen MR) is 120 cm³/mol. The maximum atomic E-state index is 12.0. The van der Waals surface area contributed by atoms with Crippen molar-refractivity contribution in [2.75, 3.05) is 46.9 Å². The van der Waals surface area contributed by atoms with Crippen LogP contribution in [0.3, 0.4) is 0 Å². The van der Waals surface area contributed by atoms with Crippen LogP contribution in [0.1, 0.15) is 64.7 Å². The summed E-state index contributed by atoms with van der Waals surface area (Å²) in [5.74, 6) is 1.55. The van der Waals surface area contributed by atoms with Gasteiger partial charge in [0.25, 0.3) is 0 Å². The summed E-state index contributed by atoms with van der Waals surface area (Å²) >= 11 is 0. The van der Waals surface area contributed by atoms with Crippen molar-refractivity contribution >= 4 is 18.0 Å². The van der Waals surface area contributed by atoms with Crippen LogP contribution in [-0.4, -0.2) is 80.7 Å². The normalized spacial score (nSPS) is 18.8. The monoisotopic (exact) mass is 423 g/mol. The van der Waals surface area contributed by atoms with Crippen LogP contribution in [-0.2, 0) is 9.53 Å².